The van der Waals surface area contributed by atoms with Crippen molar-refractivity contribution < 1.29 is 50.8 Å². The van der Waals surface area contributed by atoms with Crippen LogP contribution in [0.2, 0.25) is 0 Å². The number of carbonyl (C=O) groups is 4. The third-order valence-electron chi connectivity index (χ3n) is 26.3. The van der Waals surface area contributed by atoms with Gasteiger partial charge in [0.25, 0.3) is 0 Å². The lowest BCUT2D eigenvalue weighted by molar-refractivity contribution is -0.147. The van der Waals surface area contributed by atoms with E-state index in [2.05, 4.69) is 227 Å². The zero-order valence-corrected chi connectivity index (χ0v) is 98.8. The van der Waals surface area contributed by atoms with Crippen molar-refractivity contribution in [1.29, 1.82) is 0 Å². The first-order valence-electron chi connectivity index (χ1n) is 53.6. The zero-order valence-electron chi connectivity index (χ0n) is 98.0. The second kappa shape index (κ2) is 57.1. The Morgan fingerprint density at radius 1 is 0.450 bits per heavy atom. The summed E-state index contributed by atoms with van der Waals surface area (Å²) in [5.74, 6) is 6.65. The molecule has 5 aliphatic heterocycles. The van der Waals surface area contributed by atoms with Crippen LogP contribution in [0.15, 0.2) is 194 Å². The number of amides is 4. The molecule has 8 aromatic carbocycles. The van der Waals surface area contributed by atoms with Crippen LogP contribution in [0.1, 0.15) is 278 Å². The smallest absolute Gasteiger partial charge is 0.228 e. The predicted octanol–water partition coefficient (Wildman–Crippen LogP) is 24.4. The summed E-state index contributed by atoms with van der Waals surface area (Å²) < 4.78 is 70.2. The molecule has 824 valence electrons. The Balaban J connectivity index is 0.000000257. The topological polar surface area (TPSA) is 178 Å². The summed E-state index contributed by atoms with van der Waals surface area (Å²) in [4.78, 5) is 64.0. The summed E-state index contributed by atoms with van der Waals surface area (Å²) in [5.41, 5.74) is 16.0. The number of hydrogen-bond acceptors (Lipinski definition) is 14. The van der Waals surface area contributed by atoms with Gasteiger partial charge < -0.3 is 54.2 Å². The number of aryl methyl sites for hydroxylation is 4. The second-order valence-electron chi connectivity index (χ2n) is 50.0. The molecule has 0 radical (unpaired) electrons. The van der Waals surface area contributed by atoms with E-state index in [-0.39, 0.29) is 95.9 Å². The van der Waals surface area contributed by atoms with E-state index < -0.39 is 9.52 Å². The molecule has 23 heteroatoms. The molecule has 5 aliphatic rings. The lowest BCUT2D eigenvalue weighted by atomic mass is 9.85. The van der Waals surface area contributed by atoms with Gasteiger partial charge in [-0.15, -0.1) is 0 Å². The van der Waals surface area contributed by atoms with Gasteiger partial charge in [0.1, 0.15) is 29.3 Å². The molecule has 3 unspecified atom stereocenters. The number of benzene rings is 8. The number of nitrogens with one attached hydrogen (secondary N) is 2. The lowest BCUT2D eigenvalue weighted by Crippen LogP contribution is -2.55. The first-order valence-corrected chi connectivity index (χ1v) is 55.6. The van der Waals surface area contributed by atoms with Crippen molar-refractivity contribution in [1.82, 2.24) is 49.8 Å². The molecule has 5 saturated heterocycles. The maximum Gasteiger partial charge on any atom is 0.228 e. The van der Waals surface area contributed by atoms with E-state index in [4.69, 9.17) is 14.2 Å². The number of rotatable bonds is 14. The van der Waals surface area contributed by atoms with E-state index in [9.17, 15) is 36.6 Å². The van der Waals surface area contributed by atoms with E-state index in [1.165, 1.54) is 50.8 Å². The van der Waals surface area contributed by atoms with Crippen molar-refractivity contribution in [2.24, 2.45) is 21.7 Å². The SMILES string of the molecule is C=S1(=O)CCN(Cc2cccc(C(C)(C)C)c2)CC1.CC(C)(C)C(=O)N1CCNC(Cc2ccccc2)C1.CC(C)(C)c1ccccc1F.CCn1nc(C)cc1C(C)(C)C.CN(C)Cc1ccc(F)c(C(C)(C)C)c1.COCc1ccc(C(C)(C)C)cc1F.COc1ccccc1C1CN(C(=O)C(C)(C)C)CCO1.Cc1ccc(CC2CN(C(=O)C(C)(C)C)CCN2)cc1.Cc1cccc(N2CCN(C(=O)C(C)(C)C)CC2)c1. The highest BCUT2D eigenvalue weighted by atomic mass is 32.2. The third-order valence-corrected chi connectivity index (χ3v) is 28.2. The Morgan fingerprint density at radius 2 is 0.926 bits per heavy atom. The number of piperazine rings is 3. The van der Waals surface area contributed by atoms with Gasteiger partial charge in [-0.1, -0.05) is 344 Å². The highest BCUT2D eigenvalue weighted by Crippen LogP contribution is 2.35. The third kappa shape index (κ3) is 44.0. The number of aromatic nitrogens is 2. The molecule has 5 fully saturated rings. The van der Waals surface area contributed by atoms with Gasteiger partial charge in [-0.2, -0.15) is 5.10 Å². The fourth-order valence-corrected chi connectivity index (χ4v) is 19.1. The first-order chi connectivity index (χ1) is 69.1. The van der Waals surface area contributed by atoms with Gasteiger partial charge >= 0.3 is 0 Å². The number of carbonyl (C=O) groups excluding carboxylic acids is 4. The minimum Gasteiger partial charge on any atom is -0.496 e. The summed E-state index contributed by atoms with van der Waals surface area (Å²) in [5, 5.41) is 11.4. The second-order valence-corrected chi connectivity index (χ2v) is 52.8. The molecular formula is C126H190F3N11O8S. The summed E-state index contributed by atoms with van der Waals surface area (Å²) in [6, 6.07) is 64.9. The molecule has 2 N–H and O–H groups in total. The molecule has 1 aromatic heterocycles. The molecule has 9 aromatic rings. The number of hydrogen-bond donors (Lipinski definition) is 2. The van der Waals surface area contributed by atoms with Crippen molar-refractivity contribution in [3.05, 3.63) is 290 Å². The fourth-order valence-electron chi connectivity index (χ4n) is 17.8. The van der Waals surface area contributed by atoms with Crippen LogP contribution in [-0.4, -0.2) is 223 Å². The van der Waals surface area contributed by atoms with Crippen LogP contribution in [0, 0.1) is 59.9 Å². The largest absolute Gasteiger partial charge is 0.496 e. The highest BCUT2D eigenvalue weighted by molar-refractivity contribution is 8.00. The molecule has 149 heavy (non-hydrogen) atoms. The van der Waals surface area contributed by atoms with Crippen molar-refractivity contribution in [3.8, 4) is 5.75 Å². The predicted molar refractivity (Wildman–Crippen MR) is 618 cm³/mol. The molecule has 0 aliphatic carbocycles. The molecule has 19 nitrogen and oxygen atoms in total. The van der Waals surface area contributed by atoms with Crippen molar-refractivity contribution >= 4 is 44.7 Å². The number of methoxy groups -OCH3 is 2. The van der Waals surface area contributed by atoms with Gasteiger partial charge in [-0.3, -0.25) is 33.0 Å². The number of anilines is 1. The maximum atomic E-state index is 13.6. The molecule has 14 rings (SSSR count). The normalized spacial score (nSPS) is 16.8. The summed E-state index contributed by atoms with van der Waals surface area (Å²) in [7, 11) is 5.47. The Kier molecular flexibility index (Phi) is 48.9. The molecule has 0 spiro atoms. The lowest BCUT2D eigenvalue weighted by Gasteiger charge is -2.38. The molecular weight excluding hydrogens is 1880 g/mol. The average Bonchev–Trinajstić information content (AvgIpc) is 1.81. The minimum absolute atomic E-state index is 0.00750. The van der Waals surface area contributed by atoms with E-state index in [0.717, 1.165) is 162 Å². The fraction of sp³-hybridized carbons (Fsp3) is 0.556. The first kappa shape index (κ1) is 128. The zero-order chi connectivity index (χ0) is 112. The molecule has 0 bridgehead atoms. The Morgan fingerprint density at radius 3 is 1.40 bits per heavy atom. The highest BCUT2D eigenvalue weighted by Gasteiger charge is 2.37. The molecule has 4 amide bonds. The summed E-state index contributed by atoms with van der Waals surface area (Å²) in [6.07, 6.45) is 1.84. The van der Waals surface area contributed by atoms with Gasteiger partial charge in [-0.25, -0.2) is 13.2 Å². The van der Waals surface area contributed by atoms with Gasteiger partial charge in [-0.05, 0) is 184 Å². The van der Waals surface area contributed by atoms with Crippen molar-refractivity contribution in [2.45, 2.75) is 299 Å². The average molecular weight is 2080 g/mol. The van der Waals surface area contributed by atoms with Crippen LogP contribution in [0.3, 0.4) is 0 Å². The number of halogens is 3. The van der Waals surface area contributed by atoms with Crippen molar-refractivity contribution in [3.63, 3.8) is 0 Å². The van der Waals surface area contributed by atoms with Gasteiger partial charge in [0.2, 0.25) is 23.6 Å². The van der Waals surface area contributed by atoms with Crippen LogP contribution in [0.4, 0.5) is 18.9 Å². The van der Waals surface area contributed by atoms with Crippen LogP contribution in [0.5, 0.6) is 5.75 Å². The van der Waals surface area contributed by atoms with E-state index >= 15 is 0 Å². The van der Waals surface area contributed by atoms with Crippen LogP contribution in [-0.2, 0) is 104 Å². The van der Waals surface area contributed by atoms with Crippen molar-refractivity contribution in [2.75, 3.05) is 143 Å². The van der Waals surface area contributed by atoms with Crippen LogP contribution < -0.4 is 20.3 Å². The molecule has 0 saturated carbocycles. The van der Waals surface area contributed by atoms with Gasteiger partial charge in [0, 0.05) is 185 Å². The van der Waals surface area contributed by atoms with Gasteiger partial charge in [0.05, 0.1) is 32.6 Å². The summed E-state index contributed by atoms with van der Waals surface area (Å²) >= 11 is 0. The monoisotopic (exact) mass is 2070 g/mol. The van der Waals surface area contributed by atoms with E-state index in [0.29, 0.717) is 44.0 Å². The molecule has 3 atom stereocenters. The number of ether oxygens (including phenoxy) is 3. The maximum absolute atomic E-state index is 13.6. The number of morpholine rings is 1. The minimum atomic E-state index is -1.78. The quantitative estimate of drug-likeness (QED) is 0.0983. The standard InChI is InChI=1S/C17H26N2O.2C16H24N2O.C16H23NO3.C16H25NOS.C13H20FN.C12H17FO.C10H13F.C10H18N2/c1-13-5-7-14(8-6-13)11-15-12-19(10-9-18-15)16(20)17(2,3)4;1-13-6-5-7-14(12-13)17-8-10-18(11-9-17)15(19)16(2,3)4;1-16(2,3)15(19)18-10-9-17-14(12-18)11-13-7-5-4-6-8-13;1-16(2,3)15(18)17-9-10-20-14(11-17)12-7-5-6-8-13(12)19-4;1-16(2,3)15-7-5-6-14(12-15)13-17-8-10-19(4,18)11-9-17;1-13(2,3)11-8-10(9-15(4)5)6-7-12(11)14;1-12(2,3)10-6-5-9(8-14-4)11(13)7-10;1-10(2,3)8-6-4-5-7-9(8)11;1-6-12-9(10(3,4)5)7-8(2)11-12/h5-8,15,18H,9-12H2,1-4H3;5-7,12H,8-11H2,1-4H3;4-8,14,17H,9-12H2,1-3H3;5-8,14H,9-11H2,1-4H3;5-7,12H,4,8-11,13H2,1-3H3;6-8H,9H2,1-5H3;5-7H,8H2,1-4H3;4-7H,1-3H3;7H,6H2,1-5H3. The Hall–Kier alpha value is -9.98. The molecule has 6 heterocycles. The Bertz CT molecular complexity index is 5720. The van der Waals surface area contributed by atoms with E-state index in [1.54, 1.807) is 38.5 Å². The van der Waals surface area contributed by atoms with Gasteiger partial charge in [0.15, 0.2) is 0 Å². The summed E-state index contributed by atoms with van der Waals surface area (Å²) in [6.45, 7) is 79.1. The van der Waals surface area contributed by atoms with E-state index in [1.807, 2.05) is 226 Å². The van der Waals surface area contributed by atoms with Crippen LogP contribution >= 0.6 is 0 Å². The number of nitrogens with zero attached hydrogens (tertiary/aromatic N) is 9. The number of para-hydroxylation sites is 1. The Labute approximate surface area is 898 Å². The van der Waals surface area contributed by atoms with Crippen LogP contribution in [0.25, 0.3) is 0 Å².